The minimum absolute atomic E-state index is 0. The van der Waals surface area contributed by atoms with E-state index in [-0.39, 0.29) is 20.1 Å². The summed E-state index contributed by atoms with van der Waals surface area (Å²) in [7, 11) is 0. The Morgan fingerprint density at radius 3 is 1.95 bits per heavy atom. The molecule has 56 heavy (non-hydrogen) atoms. The molecule has 7 aromatic carbocycles. The molecule has 0 bridgehead atoms. The van der Waals surface area contributed by atoms with E-state index in [4.69, 9.17) is 13.8 Å². The van der Waals surface area contributed by atoms with Crippen LogP contribution in [0.25, 0.3) is 94.0 Å². The predicted molar refractivity (Wildman–Crippen MR) is 229 cm³/mol. The average Bonchev–Trinajstić information content (AvgIpc) is 3.91. The molecule has 11 aromatic rings. The summed E-state index contributed by atoms with van der Waals surface area (Å²) in [4.78, 5) is 9.75. The second-order valence-corrected chi connectivity index (χ2v) is 25.5. The Balaban J connectivity index is 0.000000204. The summed E-state index contributed by atoms with van der Waals surface area (Å²) in [6.45, 7) is 0. The van der Waals surface area contributed by atoms with E-state index < -0.39 is 13.3 Å². The fraction of sp³-hybridized carbons (Fsp3) is 0.0612. The van der Waals surface area contributed by atoms with Crippen LogP contribution in [-0.2, 0) is 20.1 Å². The van der Waals surface area contributed by atoms with Crippen LogP contribution in [0.1, 0.15) is 0 Å². The molecule has 1 radical (unpaired) electrons. The van der Waals surface area contributed by atoms with Crippen LogP contribution in [0.2, 0.25) is 17.3 Å². The monoisotopic (exact) mass is 964 g/mol. The number of rotatable bonds is 4. The van der Waals surface area contributed by atoms with Crippen molar-refractivity contribution in [3.05, 3.63) is 170 Å². The van der Waals surface area contributed by atoms with E-state index in [0.717, 1.165) is 94.0 Å². The number of fused-ring (bicyclic) bond motifs is 8. The zero-order valence-electron chi connectivity index (χ0n) is 31.0. The second kappa shape index (κ2) is 14.4. The molecular formula is C49H35GeIrN3O2-2. The van der Waals surface area contributed by atoms with E-state index in [1.807, 2.05) is 72.9 Å². The first-order valence-corrected chi connectivity index (χ1v) is 25.8. The molecule has 5 nitrogen and oxygen atoms in total. The molecule has 0 aliphatic heterocycles. The van der Waals surface area contributed by atoms with Crippen LogP contribution in [0.4, 0.5) is 0 Å². The van der Waals surface area contributed by atoms with Crippen molar-refractivity contribution in [2.45, 2.75) is 17.3 Å². The second-order valence-electron chi connectivity index (χ2n) is 14.9. The van der Waals surface area contributed by atoms with Crippen LogP contribution < -0.4 is 4.40 Å². The first-order chi connectivity index (χ1) is 26.9. The van der Waals surface area contributed by atoms with Crippen LogP contribution in [0, 0.1) is 12.1 Å². The van der Waals surface area contributed by atoms with Crippen molar-refractivity contribution in [1.29, 1.82) is 0 Å². The van der Waals surface area contributed by atoms with Gasteiger partial charge < -0.3 is 13.4 Å². The van der Waals surface area contributed by atoms with Crippen LogP contribution >= 0.6 is 0 Å². The number of hydrogen-bond donors (Lipinski definition) is 0. The van der Waals surface area contributed by atoms with E-state index in [0.29, 0.717) is 0 Å². The van der Waals surface area contributed by atoms with Crippen molar-refractivity contribution in [3.63, 3.8) is 0 Å². The third kappa shape index (κ3) is 6.24. The molecule has 0 N–H and O–H groups in total. The molecule has 0 aliphatic carbocycles. The molecule has 0 atom stereocenters. The van der Waals surface area contributed by atoms with Gasteiger partial charge in [0.05, 0.1) is 28.1 Å². The first-order valence-electron chi connectivity index (χ1n) is 18.5. The Kier molecular flexibility index (Phi) is 9.21. The molecule has 0 saturated carbocycles. The van der Waals surface area contributed by atoms with Gasteiger partial charge in [-0.05, 0) is 41.1 Å². The van der Waals surface area contributed by atoms with Crippen LogP contribution in [-0.4, -0.2) is 27.8 Å². The van der Waals surface area contributed by atoms with Crippen molar-refractivity contribution < 1.29 is 28.9 Å². The molecule has 0 fully saturated rings. The maximum absolute atomic E-state index is 6.49. The third-order valence-corrected chi connectivity index (χ3v) is 14.6. The number of aromatic nitrogens is 3. The summed E-state index contributed by atoms with van der Waals surface area (Å²) in [5.41, 5.74) is 9.03. The smallest absolute Gasteiger partial charge is 0.158 e. The topological polar surface area (TPSA) is 57.0 Å². The quantitative estimate of drug-likeness (QED) is 0.130. The fourth-order valence-corrected chi connectivity index (χ4v) is 9.66. The molecule has 0 amide bonds. The zero-order valence-corrected chi connectivity index (χ0v) is 35.5. The van der Waals surface area contributed by atoms with E-state index in [9.17, 15) is 0 Å². The minimum Gasteiger partial charge on any atom is -0.501 e. The standard InChI is InChI=1S/C35H19N2O2.C14H16GeN.Ir/c1-2-10-22-20-30-28(19-21(22)9-1)36-35(27-15-7-13-25-23-11-3-5-17-31(23)38-33(25)27)37(30)29-16-8-14-26-24-12-4-6-18-32(24)39-34(26)29;1-15(2,3)13-9-10-14(16-11-13)12-7-5-4-6-8-12;/h1-14,16-20H;4-7,9-11H,1-3H3;/q2*-1;. The SMILES string of the molecule is [CH3][Ge]([CH3])([CH3])[c]1ccc(-c2[c-]cccc2)nc1.[Ir].[c-]1ccc2c(oc3ccccc32)c1-c1nc2cc3ccccc3cc2n1-c1cccc2c1oc1ccccc12. The minimum atomic E-state index is -1.72. The van der Waals surface area contributed by atoms with Crippen LogP contribution in [0.15, 0.2) is 167 Å². The van der Waals surface area contributed by atoms with Crippen LogP contribution in [0.5, 0.6) is 0 Å². The molecule has 0 spiro atoms. The molecule has 0 aliphatic rings. The van der Waals surface area contributed by atoms with E-state index in [2.05, 4.69) is 124 Å². The summed E-state index contributed by atoms with van der Waals surface area (Å²) in [5, 5.41) is 6.59. The number of benzene rings is 7. The molecular weight excluding hydrogens is 927 g/mol. The van der Waals surface area contributed by atoms with Gasteiger partial charge >= 0.3 is 99.8 Å². The molecule has 11 rings (SSSR count). The van der Waals surface area contributed by atoms with Gasteiger partial charge in [0.1, 0.15) is 11.2 Å². The van der Waals surface area contributed by atoms with Crippen molar-refractivity contribution >= 4 is 83.3 Å². The summed E-state index contributed by atoms with van der Waals surface area (Å²) >= 11 is -1.72. The van der Waals surface area contributed by atoms with Gasteiger partial charge in [0.25, 0.3) is 0 Å². The van der Waals surface area contributed by atoms with Gasteiger partial charge in [-0.1, -0.05) is 83.7 Å². The number of para-hydroxylation sites is 3. The fourth-order valence-electron chi connectivity index (χ4n) is 7.49. The summed E-state index contributed by atoms with van der Waals surface area (Å²) < 4.78 is 16.6. The zero-order chi connectivity index (χ0) is 37.1. The van der Waals surface area contributed by atoms with Crippen molar-refractivity contribution in [3.8, 4) is 28.3 Å². The third-order valence-electron chi connectivity index (χ3n) is 10.3. The van der Waals surface area contributed by atoms with Gasteiger partial charge in [-0.25, -0.2) is 0 Å². The Hall–Kier alpha value is -5.79. The summed E-state index contributed by atoms with van der Waals surface area (Å²) in [6.07, 6.45) is 2.04. The Bertz CT molecular complexity index is 3190. The Morgan fingerprint density at radius 1 is 0.589 bits per heavy atom. The number of pyridine rings is 1. The van der Waals surface area contributed by atoms with E-state index >= 15 is 0 Å². The van der Waals surface area contributed by atoms with Gasteiger partial charge in [0.15, 0.2) is 5.58 Å². The largest absolute Gasteiger partial charge is 0.501 e. The predicted octanol–water partition coefficient (Wildman–Crippen LogP) is 12.5. The van der Waals surface area contributed by atoms with Crippen molar-refractivity contribution in [1.82, 2.24) is 14.5 Å². The molecule has 7 heteroatoms. The van der Waals surface area contributed by atoms with Crippen molar-refractivity contribution in [2.75, 3.05) is 0 Å². The number of furan rings is 2. The number of hydrogen-bond acceptors (Lipinski definition) is 4. The van der Waals surface area contributed by atoms with Crippen LogP contribution in [0.3, 0.4) is 0 Å². The normalized spacial score (nSPS) is 11.7. The average molecular weight is 963 g/mol. The number of nitrogens with zero attached hydrogens (tertiary/aromatic N) is 3. The molecule has 0 saturated heterocycles. The van der Waals surface area contributed by atoms with E-state index in [1.165, 1.54) is 4.40 Å². The van der Waals surface area contributed by atoms with Gasteiger partial charge in [0.2, 0.25) is 0 Å². The maximum Gasteiger partial charge on any atom is 0.158 e. The van der Waals surface area contributed by atoms with Gasteiger partial charge in [-0.3, -0.25) is 4.98 Å². The van der Waals surface area contributed by atoms with E-state index in [1.54, 1.807) is 0 Å². The molecule has 4 aromatic heterocycles. The number of imidazole rings is 1. The summed E-state index contributed by atoms with van der Waals surface area (Å²) in [6, 6.07) is 58.3. The maximum atomic E-state index is 6.49. The van der Waals surface area contributed by atoms with Crippen molar-refractivity contribution in [2.24, 2.45) is 0 Å². The first kappa shape index (κ1) is 35.9. The van der Waals surface area contributed by atoms with Gasteiger partial charge in [-0.2, -0.15) is 0 Å². The Morgan fingerprint density at radius 2 is 1.25 bits per heavy atom. The molecule has 273 valence electrons. The Labute approximate surface area is 340 Å². The molecule has 4 heterocycles. The van der Waals surface area contributed by atoms with Gasteiger partial charge in [-0.15, -0.1) is 18.2 Å². The summed E-state index contributed by atoms with van der Waals surface area (Å²) in [5.74, 6) is 7.90. The van der Waals surface area contributed by atoms with Gasteiger partial charge in [0, 0.05) is 36.3 Å². The molecule has 0 unspecified atom stereocenters.